The maximum Gasteiger partial charge on any atom is 0.126 e. The monoisotopic (exact) mass is 741 g/mol. The second-order valence-corrected chi connectivity index (χ2v) is 15.7. The van der Waals surface area contributed by atoms with Crippen molar-refractivity contribution in [2.45, 2.75) is 43.2 Å². The van der Waals surface area contributed by atoms with Crippen molar-refractivity contribution in [3.8, 4) is 11.1 Å². The maximum atomic E-state index is 5.25. The largest absolute Gasteiger partial charge is 0.337 e. The molecule has 3 aliphatic heterocycles. The Morgan fingerprint density at radius 1 is 0.561 bits per heavy atom. The molecule has 0 radical (unpaired) electrons. The van der Waals surface area contributed by atoms with Crippen LogP contribution in [0.25, 0.3) is 11.1 Å². The first kappa shape index (κ1) is 35.2. The van der Waals surface area contributed by atoms with Crippen LogP contribution in [0.5, 0.6) is 0 Å². The number of likely N-dealkylation sites (N-methyl/N-ethyl adjacent to an activating group) is 1. The van der Waals surface area contributed by atoms with Crippen molar-refractivity contribution in [1.82, 2.24) is 10.2 Å². The Labute approximate surface area is 336 Å². The first-order chi connectivity index (χ1) is 28.2. The van der Waals surface area contributed by atoms with Crippen molar-refractivity contribution < 1.29 is 0 Å². The fourth-order valence-corrected chi connectivity index (χ4v) is 9.55. The van der Waals surface area contributed by atoms with E-state index in [-0.39, 0.29) is 18.4 Å². The molecule has 0 bridgehead atoms. The van der Waals surface area contributed by atoms with Gasteiger partial charge in [-0.2, -0.15) is 0 Å². The summed E-state index contributed by atoms with van der Waals surface area (Å²) in [5.41, 5.74) is 13.7. The van der Waals surface area contributed by atoms with E-state index in [1.54, 1.807) is 0 Å². The summed E-state index contributed by atoms with van der Waals surface area (Å²) in [4.78, 5) is 13.0. The zero-order valence-corrected chi connectivity index (χ0v) is 32.3. The number of anilines is 4. The van der Waals surface area contributed by atoms with Gasteiger partial charge in [0.15, 0.2) is 0 Å². The van der Waals surface area contributed by atoms with Gasteiger partial charge in [-0.25, -0.2) is 0 Å². The quantitative estimate of drug-likeness (QED) is 0.168. The molecule has 7 aromatic carbocycles. The van der Waals surface area contributed by atoms with Crippen LogP contribution in [0.15, 0.2) is 199 Å². The molecule has 3 heterocycles. The minimum atomic E-state index is -0.0940. The second kappa shape index (κ2) is 15.3. The molecular formula is C52H47N5. The van der Waals surface area contributed by atoms with E-state index in [0.717, 1.165) is 25.1 Å². The summed E-state index contributed by atoms with van der Waals surface area (Å²) in [6, 6.07) is 70.9. The van der Waals surface area contributed by atoms with Crippen molar-refractivity contribution >= 4 is 28.5 Å². The summed E-state index contributed by atoms with van der Waals surface area (Å²) in [7, 11) is 2.31. The van der Waals surface area contributed by atoms with Crippen LogP contribution in [0, 0.1) is 0 Å². The molecule has 7 aromatic rings. The minimum Gasteiger partial charge on any atom is -0.337 e. The number of hydrogen-bond acceptors (Lipinski definition) is 5. The van der Waals surface area contributed by atoms with Gasteiger partial charge in [-0.05, 0) is 89.3 Å². The van der Waals surface area contributed by atoms with Gasteiger partial charge in [0.25, 0.3) is 0 Å². The molecule has 280 valence electrons. The third-order valence-corrected chi connectivity index (χ3v) is 12.2. The van der Waals surface area contributed by atoms with Crippen LogP contribution in [-0.2, 0) is 0 Å². The second-order valence-electron chi connectivity index (χ2n) is 15.7. The molecule has 10 rings (SSSR count). The van der Waals surface area contributed by atoms with Gasteiger partial charge in [0, 0.05) is 59.4 Å². The fourth-order valence-electron chi connectivity index (χ4n) is 9.55. The number of nitrogens with zero attached hydrogens (tertiary/aromatic N) is 4. The number of likely N-dealkylation sites (tertiary alicyclic amines) is 1. The molecule has 57 heavy (non-hydrogen) atoms. The Hall–Kier alpha value is -6.27. The zero-order chi connectivity index (χ0) is 38.1. The Kier molecular flexibility index (Phi) is 9.47. The molecule has 0 aromatic heterocycles. The van der Waals surface area contributed by atoms with Gasteiger partial charge in [-0.1, -0.05) is 152 Å². The lowest BCUT2D eigenvalue weighted by atomic mass is 9.86. The van der Waals surface area contributed by atoms with Gasteiger partial charge in [0.2, 0.25) is 0 Å². The minimum absolute atomic E-state index is 0.0940. The summed E-state index contributed by atoms with van der Waals surface area (Å²) in [6.45, 7) is 0.958. The molecular weight excluding hydrogens is 695 g/mol. The van der Waals surface area contributed by atoms with Gasteiger partial charge in [-0.15, -0.1) is 0 Å². The number of aliphatic imine (C=N–C) groups is 1. The van der Waals surface area contributed by atoms with Crippen LogP contribution >= 0.6 is 0 Å². The van der Waals surface area contributed by atoms with E-state index < -0.39 is 0 Å². The molecule has 0 saturated carbocycles. The Balaban J connectivity index is 0.910. The van der Waals surface area contributed by atoms with Crippen LogP contribution in [0.2, 0.25) is 0 Å². The highest BCUT2D eigenvalue weighted by atomic mass is 15.4. The predicted octanol–water partition coefficient (Wildman–Crippen LogP) is 11.7. The number of benzene rings is 7. The number of rotatable bonds is 8. The first-order valence-corrected chi connectivity index (χ1v) is 20.3. The van der Waals surface area contributed by atoms with Gasteiger partial charge in [-0.3, -0.25) is 15.2 Å². The standard InChI is InChI=1S/C52H47N5/c1-55-36-45(56(42-20-10-4-11-21-42)43-22-12-5-13-23-43)34-47-46-24-14-15-25-50(46)57(52(47)55)44-32-30-38(31-33-44)37-26-28-40(29-27-37)49-35-48(39-16-6-2-7-17-39)53-51(54-49)41-18-8-3-9-19-41/h2-33,45,47-48,51-53H,34-36H2,1H3. The Morgan fingerprint density at radius 3 is 1.72 bits per heavy atom. The molecule has 5 atom stereocenters. The van der Waals surface area contributed by atoms with Crippen molar-refractivity contribution in [2.75, 3.05) is 23.4 Å². The summed E-state index contributed by atoms with van der Waals surface area (Å²) in [5, 5.41) is 3.80. The Bertz CT molecular complexity index is 2410. The molecule has 0 spiro atoms. The van der Waals surface area contributed by atoms with Crippen LogP contribution in [0.3, 0.4) is 0 Å². The first-order valence-electron chi connectivity index (χ1n) is 20.3. The van der Waals surface area contributed by atoms with Gasteiger partial charge < -0.3 is 9.80 Å². The average molecular weight is 742 g/mol. The van der Waals surface area contributed by atoms with Crippen molar-refractivity contribution in [3.63, 3.8) is 0 Å². The molecule has 1 N–H and O–H groups in total. The van der Waals surface area contributed by atoms with E-state index in [1.165, 1.54) is 56.1 Å². The average Bonchev–Trinajstić information content (AvgIpc) is 3.63. The van der Waals surface area contributed by atoms with E-state index in [2.05, 4.69) is 221 Å². The molecule has 5 unspecified atom stereocenters. The van der Waals surface area contributed by atoms with Crippen LogP contribution < -0.4 is 15.1 Å². The molecule has 0 aliphatic carbocycles. The van der Waals surface area contributed by atoms with E-state index in [0.29, 0.717) is 12.0 Å². The van der Waals surface area contributed by atoms with E-state index in [4.69, 9.17) is 4.99 Å². The highest BCUT2D eigenvalue weighted by Crippen LogP contribution is 2.51. The number of para-hydroxylation sites is 3. The molecule has 0 amide bonds. The third kappa shape index (κ3) is 6.84. The summed E-state index contributed by atoms with van der Waals surface area (Å²) in [5.74, 6) is 0.368. The molecule has 5 heteroatoms. The fraction of sp³-hybridized carbons (Fsp3) is 0.173. The van der Waals surface area contributed by atoms with Crippen LogP contribution in [-0.4, -0.2) is 36.4 Å². The number of nitrogens with one attached hydrogen (secondary N) is 1. The normalized spacial score (nSPS) is 21.7. The van der Waals surface area contributed by atoms with Crippen molar-refractivity contribution in [2.24, 2.45) is 4.99 Å². The third-order valence-electron chi connectivity index (χ3n) is 12.2. The summed E-state index contributed by atoms with van der Waals surface area (Å²) < 4.78 is 0. The maximum absolute atomic E-state index is 5.25. The topological polar surface area (TPSA) is 34.1 Å². The van der Waals surface area contributed by atoms with Crippen LogP contribution in [0.1, 0.15) is 53.2 Å². The lowest BCUT2D eigenvalue weighted by Crippen LogP contribution is -2.55. The van der Waals surface area contributed by atoms with E-state index in [1.807, 2.05) is 0 Å². The van der Waals surface area contributed by atoms with E-state index >= 15 is 0 Å². The van der Waals surface area contributed by atoms with Gasteiger partial charge in [0.1, 0.15) is 6.17 Å². The van der Waals surface area contributed by atoms with Crippen molar-refractivity contribution in [3.05, 3.63) is 216 Å². The number of hydrogen-bond donors (Lipinski definition) is 1. The van der Waals surface area contributed by atoms with Crippen LogP contribution in [0.4, 0.5) is 22.7 Å². The Morgan fingerprint density at radius 2 is 1.09 bits per heavy atom. The van der Waals surface area contributed by atoms with Gasteiger partial charge in [0.05, 0.1) is 6.17 Å². The van der Waals surface area contributed by atoms with Crippen molar-refractivity contribution in [1.29, 1.82) is 0 Å². The molecule has 5 nitrogen and oxygen atoms in total. The number of fused-ring (bicyclic) bond motifs is 3. The van der Waals surface area contributed by atoms with Gasteiger partial charge >= 0.3 is 0 Å². The lowest BCUT2D eigenvalue weighted by molar-refractivity contribution is 0.157. The zero-order valence-electron chi connectivity index (χ0n) is 32.3. The smallest absolute Gasteiger partial charge is 0.126 e. The molecule has 1 saturated heterocycles. The summed E-state index contributed by atoms with van der Waals surface area (Å²) >= 11 is 0. The highest BCUT2D eigenvalue weighted by molar-refractivity contribution is 6.02. The molecule has 1 fully saturated rings. The summed E-state index contributed by atoms with van der Waals surface area (Å²) in [6.07, 6.45) is 2.05. The number of piperidine rings is 1. The van der Waals surface area contributed by atoms with E-state index in [9.17, 15) is 0 Å². The molecule has 3 aliphatic rings. The lowest BCUT2D eigenvalue weighted by Gasteiger charge is -2.47. The predicted molar refractivity (Wildman–Crippen MR) is 236 cm³/mol. The highest BCUT2D eigenvalue weighted by Gasteiger charge is 2.47. The SMILES string of the molecule is CN1CC(N(c2ccccc2)c2ccccc2)CC2c3ccccc3N(c3ccc(-c4ccc(C5=NC(c6ccccc6)NC(c6ccccc6)C5)cc4)cc3)C21.